The van der Waals surface area contributed by atoms with Gasteiger partial charge in [0.05, 0.1) is 17.9 Å². The van der Waals surface area contributed by atoms with Gasteiger partial charge in [0.25, 0.3) is 5.91 Å². The molecule has 2 aromatic rings. The third kappa shape index (κ3) is 3.86. The zero-order valence-electron chi connectivity index (χ0n) is 15.0. The second-order valence-electron chi connectivity index (χ2n) is 6.38. The van der Waals surface area contributed by atoms with Crippen molar-refractivity contribution < 1.29 is 13.9 Å². The second-order valence-corrected chi connectivity index (χ2v) is 6.38. The van der Waals surface area contributed by atoms with Crippen LogP contribution in [-0.2, 0) is 9.53 Å². The predicted octanol–water partition coefficient (Wildman–Crippen LogP) is 3.99. The van der Waals surface area contributed by atoms with Crippen molar-refractivity contribution >= 4 is 28.5 Å². The molecule has 5 nitrogen and oxygen atoms in total. The molecule has 0 fully saturated rings. The molecule has 1 atom stereocenters. The van der Waals surface area contributed by atoms with Crippen LogP contribution in [0.2, 0.25) is 0 Å². The van der Waals surface area contributed by atoms with Gasteiger partial charge in [0.1, 0.15) is 5.82 Å². The minimum Gasteiger partial charge on any atom is -0.383 e. The number of fused-ring (bicyclic) bond motifs is 1. The van der Waals surface area contributed by atoms with Crippen molar-refractivity contribution in [1.29, 1.82) is 0 Å². The van der Waals surface area contributed by atoms with Gasteiger partial charge in [-0.1, -0.05) is 0 Å². The lowest BCUT2D eigenvalue weighted by Crippen LogP contribution is -2.21. The Labute approximate surface area is 152 Å². The van der Waals surface area contributed by atoms with Crippen molar-refractivity contribution in [2.24, 2.45) is 0 Å². The van der Waals surface area contributed by atoms with Crippen molar-refractivity contribution in [3.8, 4) is 0 Å². The molecule has 0 radical (unpaired) electrons. The molecule has 0 saturated heterocycles. The van der Waals surface area contributed by atoms with Crippen molar-refractivity contribution in [2.75, 3.05) is 29.7 Å². The first kappa shape index (κ1) is 17.9. The van der Waals surface area contributed by atoms with Crippen LogP contribution < -0.4 is 16.0 Å². The fourth-order valence-electron chi connectivity index (χ4n) is 2.94. The summed E-state index contributed by atoms with van der Waals surface area (Å²) in [6.45, 7) is 4.69. The van der Waals surface area contributed by atoms with Gasteiger partial charge < -0.3 is 20.7 Å². The lowest BCUT2D eigenvalue weighted by atomic mass is 10.1. The largest absolute Gasteiger partial charge is 0.383 e. The van der Waals surface area contributed by atoms with Crippen LogP contribution in [0.15, 0.2) is 42.6 Å². The van der Waals surface area contributed by atoms with Crippen molar-refractivity contribution in [1.82, 2.24) is 0 Å². The topological polar surface area (TPSA) is 62.4 Å². The number of benzene rings is 2. The summed E-state index contributed by atoms with van der Waals surface area (Å²) in [4.78, 5) is 12.1. The Bertz CT molecular complexity index is 864. The molecule has 0 bridgehead atoms. The summed E-state index contributed by atoms with van der Waals surface area (Å²) in [5.74, 6) is -0.624. The van der Waals surface area contributed by atoms with E-state index in [1.165, 1.54) is 12.1 Å². The highest BCUT2D eigenvalue weighted by molar-refractivity contribution is 6.31. The van der Waals surface area contributed by atoms with E-state index in [0.717, 1.165) is 16.9 Å². The van der Waals surface area contributed by atoms with Gasteiger partial charge in [0.2, 0.25) is 0 Å². The van der Waals surface area contributed by atoms with E-state index in [-0.39, 0.29) is 17.8 Å². The highest BCUT2D eigenvalue weighted by Crippen LogP contribution is 2.32. The molecule has 0 aliphatic carbocycles. The molecule has 3 rings (SSSR count). The molecule has 1 aliphatic heterocycles. The fourth-order valence-corrected chi connectivity index (χ4v) is 2.94. The van der Waals surface area contributed by atoms with Crippen LogP contribution in [0.25, 0.3) is 5.57 Å². The van der Waals surface area contributed by atoms with E-state index in [1.807, 2.05) is 25.1 Å². The van der Waals surface area contributed by atoms with Crippen LogP contribution in [0.3, 0.4) is 0 Å². The Balaban J connectivity index is 1.75. The maximum absolute atomic E-state index is 13.3. The smallest absolute Gasteiger partial charge is 0.257 e. The number of hydrogen-bond donors (Lipinski definition) is 3. The van der Waals surface area contributed by atoms with Crippen molar-refractivity contribution in [3.05, 3.63) is 59.5 Å². The number of carbonyl (C=O) groups is 1. The summed E-state index contributed by atoms with van der Waals surface area (Å²) < 4.78 is 18.4. The van der Waals surface area contributed by atoms with Crippen LogP contribution in [0.1, 0.15) is 18.1 Å². The number of methoxy groups -OCH3 is 1. The van der Waals surface area contributed by atoms with Gasteiger partial charge in [-0.3, -0.25) is 4.79 Å². The molecule has 6 heteroatoms. The summed E-state index contributed by atoms with van der Waals surface area (Å²) in [6, 6.07) is 10.4. The average molecular weight is 355 g/mol. The lowest BCUT2D eigenvalue weighted by Gasteiger charge is -2.17. The third-order valence-corrected chi connectivity index (χ3v) is 4.19. The summed E-state index contributed by atoms with van der Waals surface area (Å²) in [6.07, 6.45) is 1.65. The summed E-state index contributed by atoms with van der Waals surface area (Å²) in [5, 5.41) is 9.21. The van der Waals surface area contributed by atoms with E-state index < -0.39 is 0 Å². The van der Waals surface area contributed by atoms with Gasteiger partial charge in [-0.2, -0.15) is 0 Å². The van der Waals surface area contributed by atoms with Gasteiger partial charge in [0, 0.05) is 36.3 Å². The normalized spacial score (nSPS) is 15.5. The van der Waals surface area contributed by atoms with Gasteiger partial charge in [-0.05, 0) is 55.8 Å². The third-order valence-electron chi connectivity index (χ3n) is 4.19. The summed E-state index contributed by atoms with van der Waals surface area (Å²) >= 11 is 0. The van der Waals surface area contributed by atoms with E-state index in [2.05, 4.69) is 22.9 Å². The maximum Gasteiger partial charge on any atom is 0.257 e. The first-order valence-electron chi connectivity index (χ1n) is 8.42. The molecular formula is C20H22FN3O2. The number of halogens is 1. The second kappa shape index (κ2) is 7.58. The number of nitrogens with one attached hydrogen (secondary N) is 3. The number of amides is 1. The molecule has 1 amide bonds. The van der Waals surface area contributed by atoms with Crippen LogP contribution in [0, 0.1) is 12.7 Å². The SMILES string of the molecule is COCC(C)Nc1ccc(NC=C2C(=O)Nc3cc(F)ccc32)cc1C. The average Bonchev–Trinajstić information content (AvgIpc) is 2.89. The van der Waals surface area contributed by atoms with E-state index in [0.29, 0.717) is 23.4 Å². The van der Waals surface area contributed by atoms with Gasteiger partial charge in [-0.25, -0.2) is 4.39 Å². The molecule has 26 heavy (non-hydrogen) atoms. The molecule has 1 unspecified atom stereocenters. The Morgan fingerprint density at radius 1 is 1.27 bits per heavy atom. The predicted molar refractivity (Wildman–Crippen MR) is 103 cm³/mol. The Morgan fingerprint density at radius 3 is 2.81 bits per heavy atom. The fraction of sp³-hybridized carbons (Fsp3) is 0.250. The van der Waals surface area contributed by atoms with Gasteiger partial charge in [-0.15, -0.1) is 0 Å². The number of anilines is 3. The molecule has 1 aliphatic rings. The molecule has 0 saturated carbocycles. The van der Waals surface area contributed by atoms with E-state index in [1.54, 1.807) is 19.4 Å². The quantitative estimate of drug-likeness (QED) is 0.686. The minimum absolute atomic E-state index is 0.207. The number of ether oxygens (including phenoxy) is 1. The molecule has 0 spiro atoms. The molecule has 1 heterocycles. The maximum atomic E-state index is 13.3. The zero-order valence-corrected chi connectivity index (χ0v) is 15.0. The molecule has 0 aromatic heterocycles. The highest BCUT2D eigenvalue weighted by atomic mass is 19.1. The first-order chi connectivity index (χ1) is 12.5. The monoisotopic (exact) mass is 355 g/mol. The van der Waals surface area contributed by atoms with Gasteiger partial charge >= 0.3 is 0 Å². The molecule has 136 valence electrons. The number of aryl methyl sites for hydroxylation is 1. The van der Waals surface area contributed by atoms with Crippen LogP contribution in [0.5, 0.6) is 0 Å². The van der Waals surface area contributed by atoms with Crippen molar-refractivity contribution in [2.45, 2.75) is 19.9 Å². The Morgan fingerprint density at radius 2 is 2.08 bits per heavy atom. The summed E-state index contributed by atoms with van der Waals surface area (Å²) in [7, 11) is 1.68. The van der Waals surface area contributed by atoms with E-state index in [9.17, 15) is 9.18 Å². The minimum atomic E-state index is -0.375. The zero-order chi connectivity index (χ0) is 18.7. The van der Waals surface area contributed by atoms with Crippen molar-refractivity contribution in [3.63, 3.8) is 0 Å². The molecule has 3 N–H and O–H groups in total. The van der Waals surface area contributed by atoms with E-state index in [4.69, 9.17) is 4.74 Å². The van der Waals surface area contributed by atoms with Crippen LogP contribution in [0.4, 0.5) is 21.5 Å². The Hall–Kier alpha value is -2.86. The number of hydrogen-bond acceptors (Lipinski definition) is 4. The summed E-state index contributed by atoms with van der Waals surface area (Å²) in [5.41, 5.74) is 4.64. The molecular weight excluding hydrogens is 333 g/mol. The first-order valence-corrected chi connectivity index (χ1v) is 8.42. The highest BCUT2D eigenvalue weighted by Gasteiger charge is 2.24. The standard InChI is InChI=1S/C20H22FN3O2/c1-12-8-15(5-7-18(12)23-13(2)11-26-3)22-10-17-16-6-4-14(21)9-19(16)24-20(17)25/h4-10,13,22-23H,11H2,1-3H3,(H,24,25). The number of rotatable bonds is 6. The Kier molecular flexibility index (Phi) is 5.23. The lowest BCUT2D eigenvalue weighted by molar-refractivity contribution is -0.110. The molecule has 2 aromatic carbocycles. The number of carbonyl (C=O) groups excluding carboxylic acids is 1. The van der Waals surface area contributed by atoms with Crippen LogP contribution in [-0.4, -0.2) is 25.7 Å². The van der Waals surface area contributed by atoms with E-state index >= 15 is 0 Å². The van der Waals surface area contributed by atoms with Crippen LogP contribution >= 0.6 is 0 Å². The van der Waals surface area contributed by atoms with Gasteiger partial charge in [0.15, 0.2) is 0 Å².